The summed E-state index contributed by atoms with van der Waals surface area (Å²) in [5, 5.41) is 2.87. The maximum Gasteiger partial charge on any atom is 0.311 e. The first-order chi connectivity index (χ1) is 13.5. The van der Waals surface area contributed by atoms with Crippen molar-refractivity contribution in [2.45, 2.75) is 38.1 Å². The average molecular weight is 390 g/mol. The number of hydrogen-bond donors (Lipinski definition) is 1. The fraction of sp³-hybridized carbons (Fsp3) is 0.550. The summed E-state index contributed by atoms with van der Waals surface area (Å²) in [7, 11) is 3.05. The lowest BCUT2D eigenvalue weighted by Gasteiger charge is -2.20. The summed E-state index contributed by atoms with van der Waals surface area (Å²) in [6, 6.07) is 5.31. The van der Waals surface area contributed by atoms with Crippen LogP contribution in [0.15, 0.2) is 18.2 Å². The van der Waals surface area contributed by atoms with Crippen LogP contribution in [0.5, 0.6) is 11.5 Å². The summed E-state index contributed by atoms with van der Waals surface area (Å²) in [5.74, 6) is -0.545. The van der Waals surface area contributed by atoms with Gasteiger partial charge in [0.1, 0.15) is 11.5 Å². The standard InChI is InChI=1S/C20H26N2O6/c1-26-15-7-8-16(17(10-15)27-2)22-11-13(9-19(22)24)20(25)28-12-18(23)21-14-5-3-4-6-14/h7-8,10,13-14H,3-6,9,11-12H2,1-2H3,(H,21,23)/t13-/m0/s1. The van der Waals surface area contributed by atoms with Crippen LogP contribution in [-0.4, -0.2) is 51.2 Å². The number of carbonyl (C=O) groups is 3. The molecule has 0 bridgehead atoms. The van der Waals surface area contributed by atoms with E-state index in [0.29, 0.717) is 17.2 Å². The van der Waals surface area contributed by atoms with E-state index in [1.54, 1.807) is 25.3 Å². The van der Waals surface area contributed by atoms with Gasteiger partial charge in [0.15, 0.2) is 6.61 Å². The molecule has 0 unspecified atom stereocenters. The second-order valence-electron chi connectivity index (χ2n) is 7.10. The first kappa shape index (κ1) is 20.0. The molecule has 8 heteroatoms. The highest BCUT2D eigenvalue weighted by Gasteiger charge is 2.37. The molecule has 1 saturated heterocycles. The Morgan fingerprint density at radius 1 is 1.18 bits per heavy atom. The first-order valence-corrected chi connectivity index (χ1v) is 9.50. The summed E-state index contributed by atoms with van der Waals surface area (Å²) in [6.07, 6.45) is 4.20. The predicted molar refractivity (Wildman–Crippen MR) is 101 cm³/mol. The van der Waals surface area contributed by atoms with E-state index in [4.69, 9.17) is 14.2 Å². The Labute approximate surface area is 164 Å². The Kier molecular flexibility index (Phi) is 6.38. The second kappa shape index (κ2) is 8.95. The normalized spacial score (nSPS) is 19.6. The van der Waals surface area contributed by atoms with Crippen molar-refractivity contribution in [2.24, 2.45) is 5.92 Å². The van der Waals surface area contributed by atoms with Gasteiger partial charge in [-0.05, 0) is 25.0 Å². The maximum absolute atomic E-state index is 12.4. The molecule has 1 heterocycles. The lowest BCUT2D eigenvalue weighted by molar-refractivity contribution is -0.152. The molecule has 2 aliphatic rings. The molecule has 2 amide bonds. The molecule has 3 rings (SSSR count). The van der Waals surface area contributed by atoms with Crippen LogP contribution in [-0.2, 0) is 19.1 Å². The number of esters is 1. The van der Waals surface area contributed by atoms with Gasteiger partial charge in [-0.1, -0.05) is 12.8 Å². The largest absolute Gasteiger partial charge is 0.497 e. The number of benzene rings is 1. The van der Waals surface area contributed by atoms with Crippen molar-refractivity contribution in [3.63, 3.8) is 0 Å². The Bertz CT molecular complexity index is 744. The molecular weight excluding hydrogens is 364 g/mol. The molecule has 28 heavy (non-hydrogen) atoms. The van der Waals surface area contributed by atoms with E-state index in [-0.39, 0.29) is 37.4 Å². The monoisotopic (exact) mass is 390 g/mol. The Morgan fingerprint density at radius 3 is 2.61 bits per heavy atom. The van der Waals surface area contributed by atoms with E-state index in [2.05, 4.69) is 5.32 Å². The van der Waals surface area contributed by atoms with Gasteiger partial charge in [-0.15, -0.1) is 0 Å². The first-order valence-electron chi connectivity index (χ1n) is 9.50. The molecule has 1 atom stereocenters. The lowest BCUT2D eigenvalue weighted by Crippen LogP contribution is -2.36. The molecule has 1 saturated carbocycles. The van der Waals surface area contributed by atoms with E-state index in [9.17, 15) is 14.4 Å². The highest BCUT2D eigenvalue weighted by molar-refractivity contribution is 6.00. The van der Waals surface area contributed by atoms with Crippen LogP contribution in [0, 0.1) is 5.92 Å². The number of hydrogen-bond acceptors (Lipinski definition) is 6. The summed E-state index contributed by atoms with van der Waals surface area (Å²) < 4.78 is 15.7. The lowest BCUT2D eigenvalue weighted by atomic mass is 10.1. The van der Waals surface area contributed by atoms with Crippen molar-refractivity contribution in [1.82, 2.24) is 5.32 Å². The molecule has 0 aromatic heterocycles. The molecule has 1 N–H and O–H groups in total. The number of nitrogens with one attached hydrogen (secondary N) is 1. The Balaban J connectivity index is 1.56. The van der Waals surface area contributed by atoms with Crippen LogP contribution < -0.4 is 19.7 Å². The van der Waals surface area contributed by atoms with E-state index >= 15 is 0 Å². The average Bonchev–Trinajstić information content (AvgIpc) is 3.35. The number of ether oxygens (including phenoxy) is 3. The van der Waals surface area contributed by atoms with Crippen LogP contribution in [0.25, 0.3) is 0 Å². The molecule has 152 valence electrons. The maximum atomic E-state index is 12.4. The third-order valence-corrected chi connectivity index (χ3v) is 5.20. The predicted octanol–water partition coefficient (Wildman–Crippen LogP) is 1.66. The van der Waals surface area contributed by atoms with E-state index < -0.39 is 11.9 Å². The number of anilines is 1. The van der Waals surface area contributed by atoms with Gasteiger partial charge in [0.05, 0.1) is 25.8 Å². The molecule has 1 aromatic rings. The van der Waals surface area contributed by atoms with Gasteiger partial charge in [0.25, 0.3) is 5.91 Å². The fourth-order valence-electron chi connectivity index (χ4n) is 3.70. The molecule has 0 spiro atoms. The number of amides is 2. The third-order valence-electron chi connectivity index (χ3n) is 5.20. The van der Waals surface area contributed by atoms with Crippen LogP contribution in [0.3, 0.4) is 0 Å². The fourth-order valence-corrected chi connectivity index (χ4v) is 3.70. The van der Waals surface area contributed by atoms with Crippen molar-refractivity contribution in [2.75, 3.05) is 32.3 Å². The molecule has 8 nitrogen and oxygen atoms in total. The van der Waals surface area contributed by atoms with Crippen molar-refractivity contribution in [1.29, 1.82) is 0 Å². The minimum absolute atomic E-state index is 0.0399. The second-order valence-corrected chi connectivity index (χ2v) is 7.10. The van der Waals surface area contributed by atoms with Crippen LogP contribution in [0.2, 0.25) is 0 Å². The minimum Gasteiger partial charge on any atom is -0.497 e. The molecular formula is C20H26N2O6. The van der Waals surface area contributed by atoms with Gasteiger partial charge < -0.3 is 24.4 Å². The zero-order valence-electron chi connectivity index (χ0n) is 16.2. The van der Waals surface area contributed by atoms with Crippen molar-refractivity contribution in [3.8, 4) is 11.5 Å². The number of nitrogens with zero attached hydrogens (tertiary/aromatic N) is 1. The van der Waals surface area contributed by atoms with Crippen molar-refractivity contribution < 1.29 is 28.6 Å². The smallest absolute Gasteiger partial charge is 0.311 e. The Hall–Kier alpha value is -2.77. The van der Waals surface area contributed by atoms with E-state index in [0.717, 1.165) is 25.7 Å². The minimum atomic E-state index is -0.612. The molecule has 1 aromatic carbocycles. The zero-order valence-corrected chi connectivity index (χ0v) is 16.2. The van der Waals surface area contributed by atoms with Gasteiger partial charge >= 0.3 is 5.97 Å². The molecule has 1 aliphatic carbocycles. The zero-order chi connectivity index (χ0) is 20.1. The van der Waals surface area contributed by atoms with E-state index in [1.807, 2.05) is 0 Å². The topological polar surface area (TPSA) is 94.2 Å². The van der Waals surface area contributed by atoms with E-state index in [1.165, 1.54) is 12.0 Å². The molecule has 1 aliphatic heterocycles. The van der Waals surface area contributed by atoms with Crippen LogP contribution >= 0.6 is 0 Å². The van der Waals surface area contributed by atoms with Gasteiger partial charge in [-0.3, -0.25) is 14.4 Å². The third kappa shape index (κ3) is 4.55. The highest BCUT2D eigenvalue weighted by atomic mass is 16.5. The SMILES string of the molecule is COc1ccc(N2C[C@@H](C(=O)OCC(=O)NC3CCCC3)CC2=O)c(OC)c1. The van der Waals surface area contributed by atoms with Gasteiger partial charge in [0.2, 0.25) is 5.91 Å². The highest BCUT2D eigenvalue weighted by Crippen LogP contribution is 2.36. The van der Waals surface area contributed by atoms with Gasteiger partial charge in [0, 0.05) is 25.1 Å². The van der Waals surface area contributed by atoms with Crippen molar-refractivity contribution >= 4 is 23.5 Å². The van der Waals surface area contributed by atoms with Gasteiger partial charge in [-0.2, -0.15) is 0 Å². The summed E-state index contributed by atoms with van der Waals surface area (Å²) >= 11 is 0. The summed E-state index contributed by atoms with van der Waals surface area (Å²) in [5.41, 5.74) is 0.572. The number of methoxy groups -OCH3 is 2. The summed E-state index contributed by atoms with van der Waals surface area (Å²) in [4.78, 5) is 38.2. The quantitative estimate of drug-likeness (QED) is 0.712. The Morgan fingerprint density at radius 2 is 1.93 bits per heavy atom. The van der Waals surface area contributed by atoms with Crippen molar-refractivity contribution in [3.05, 3.63) is 18.2 Å². The van der Waals surface area contributed by atoms with Crippen LogP contribution in [0.1, 0.15) is 32.1 Å². The molecule has 0 radical (unpaired) electrons. The molecule has 2 fully saturated rings. The number of carbonyl (C=O) groups excluding carboxylic acids is 3. The van der Waals surface area contributed by atoms with Gasteiger partial charge in [-0.25, -0.2) is 0 Å². The van der Waals surface area contributed by atoms with Crippen LogP contribution in [0.4, 0.5) is 5.69 Å². The summed E-state index contributed by atoms with van der Waals surface area (Å²) in [6.45, 7) is -0.128. The number of rotatable bonds is 7.